The Morgan fingerprint density at radius 2 is 1.90 bits per heavy atom. The summed E-state index contributed by atoms with van der Waals surface area (Å²) in [6.07, 6.45) is 0. The van der Waals surface area contributed by atoms with Gasteiger partial charge in [0.2, 0.25) is 5.91 Å². The predicted octanol–water partition coefficient (Wildman–Crippen LogP) is 3.82. The van der Waals surface area contributed by atoms with E-state index in [9.17, 15) is 14.4 Å². The number of benzene rings is 2. The van der Waals surface area contributed by atoms with Crippen LogP contribution in [0.5, 0.6) is 5.75 Å². The molecule has 2 amide bonds. The van der Waals surface area contributed by atoms with E-state index in [0.717, 1.165) is 10.1 Å². The molecule has 7 nitrogen and oxygen atoms in total. The first-order valence-corrected chi connectivity index (χ1v) is 10.1. The Morgan fingerprint density at radius 3 is 2.63 bits per heavy atom. The Morgan fingerprint density at radius 1 is 1.13 bits per heavy atom. The molecular weight excluding hydrogens is 428 g/mol. The maximum Gasteiger partial charge on any atom is 0.350 e. The van der Waals surface area contributed by atoms with Gasteiger partial charge >= 0.3 is 5.97 Å². The average molecular weight is 447 g/mol. The van der Waals surface area contributed by atoms with Crippen LogP contribution in [0, 0.1) is 0 Å². The second kappa shape index (κ2) is 9.60. The summed E-state index contributed by atoms with van der Waals surface area (Å²) in [5, 5.41) is 3.74. The summed E-state index contributed by atoms with van der Waals surface area (Å²) in [5.74, 6) is -0.979. The van der Waals surface area contributed by atoms with Gasteiger partial charge in [0.1, 0.15) is 10.6 Å². The van der Waals surface area contributed by atoms with E-state index in [0.29, 0.717) is 16.5 Å². The highest BCUT2D eigenvalue weighted by Crippen LogP contribution is 2.35. The lowest BCUT2D eigenvalue weighted by Gasteiger charge is -2.17. The predicted molar refractivity (Wildman–Crippen MR) is 116 cm³/mol. The SMILES string of the molecule is COc1cccc(NC(=O)CN(C)C(=O)COC(=O)c2sc3ccccc3c2Cl)c1. The van der Waals surface area contributed by atoms with Crippen molar-refractivity contribution in [3.8, 4) is 5.75 Å². The van der Waals surface area contributed by atoms with Crippen LogP contribution in [0.1, 0.15) is 9.67 Å². The second-order valence-electron chi connectivity index (χ2n) is 6.35. The minimum absolute atomic E-state index is 0.197. The van der Waals surface area contributed by atoms with Gasteiger partial charge in [-0.25, -0.2) is 4.79 Å². The molecule has 1 aromatic heterocycles. The summed E-state index contributed by atoms with van der Waals surface area (Å²) in [4.78, 5) is 38.1. The molecule has 1 heterocycles. The van der Waals surface area contributed by atoms with Crippen LogP contribution >= 0.6 is 22.9 Å². The van der Waals surface area contributed by atoms with Crippen LogP contribution in [0.25, 0.3) is 10.1 Å². The average Bonchev–Trinajstić information content (AvgIpc) is 3.08. The van der Waals surface area contributed by atoms with Gasteiger partial charge in [0.15, 0.2) is 6.61 Å². The summed E-state index contributed by atoms with van der Waals surface area (Å²) >= 11 is 7.45. The van der Waals surface area contributed by atoms with Gasteiger partial charge in [-0.2, -0.15) is 0 Å². The minimum Gasteiger partial charge on any atom is -0.497 e. The number of anilines is 1. The van der Waals surface area contributed by atoms with E-state index < -0.39 is 24.4 Å². The first kappa shape index (κ1) is 21.6. The molecule has 3 rings (SSSR count). The van der Waals surface area contributed by atoms with E-state index >= 15 is 0 Å². The van der Waals surface area contributed by atoms with Crippen LogP contribution in [-0.4, -0.2) is 50.0 Å². The van der Waals surface area contributed by atoms with Crippen molar-refractivity contribution in [3.63, 3.8) is 0 Å². The van der Waals surface area contributed by atoms with Crippen LogP contribution < -0.4 is 10.1 Å². The molecule has 0 unspecified atom stereocenters. The highest BCUT2D eigenvalue weighted by molar-refractivity contribution is 7.21. The van der Waals surface area contributed by atoms with Gasteiger partial charge in [-0.3, -0.25) is 9.59 Å². The van der Waals surface area contributed by atoms with Crippen LogP contribution in [0.2, 0.25) is 5.02 Å². The van der Waals surface area contributed by atoms with Gasteiger partial charge in [0, 0.05) is 28.9 Å². The van der Waals surface area contributed by atoms with Crippen molar-refractivity contribution in [3.05, 3.63) is 58.4 Å². The molecule has 0 spiro atoms. The number of likely N-dealkylation sites (N-methyl/N-ethyl adjacent to an activating group) is 1. The zero-order valence-corrected chi connectivity index (χ0v) is 17.9. The Hall–Kier alpha value is -3.10. The lowest BCUT2D eigenvalue weighted by Crippen LogP contribution is -2.37. The molecule has 1 N–H and O–H groups in total. The lowest BCUT2D eigenvalue weighted by atomic mass is 10.2. The number of ether oxygens (including phenoxy) is 2. The number of carbonyl (C=O) groups is 3. The van der Waals surface area contributed by atoms with E-state index in [4.69, 9.17) is 21.1 Å². The normalized spacial score (nSPS) is 10.5. The molecule has 0 aliphatic heterocycles. The number of halogens is 1. The van der Waals surface area contributed by atoms with Crippen LogP contribution in [-0.2, 0) is 14.3 Å². The number of fused-ring (bicyclic) bond motifs is 1. The number of nitrogens with one attached hydrogen (secondary N) is 1. The fraction of sp³-hybridized carbons (Fsp3) is 0.190. The van der Waals surface area contributed by atoms with Gasteiger partial charge in [-0.1, -0.05) is 35.9 Å². The molecule has 0 aliphatic carbocycles. The molecule has 0 fully saturated rings. The topological polar surface area (TPSA) is 84.9 Å². The van der Waals surface area contributed by atoms with E-state index in [1.165, 1.54) is 30.4 Å². The minimum atomic E-state index is -0.677. The maximum atomic E-state index is 12.3. The molecule has 3 aromatic rings. The maximum absolute atomic E-state index is 12.3. The number of carbonyl (C=O) groups excluding carboxylic acids is 3. The van der Waals surface area contributed by atoms with Crippen molar-refractivity contribution in [1.29, 1.82) is 0 Å². The van der Waals surface area contributed by atoms with Crippen LogP contribution in [0.4, 0.5) is 5.69 Å². The van der Waals surface area contributed by atoms with Crippen molar-refractivity contribution in [2.45, 2.75) is 0 Å². The number of hydrogen-bond acceptors (Lipinski definition) is 6. The fourth-order valence-corrected chi connectivity index (χ4v) is 4.06. The molecule has 0 saturated heterocycles. The molecule has 0 aliphatic rings. The quantitative estimate of drug-likeness (QED) is 0.558. The zero-order valence-electron chi connectivity index (χ0n) is 16.3. The molecule has 0 saturated carbocycles. The Kier molecular flexibility index (Phi) is 6.91. The monoisotopic (exact) mass is 446 g/mol. The second-order valence-corrected chi connectivity index (χ2v) is 7.78. The van der Waals surface area contributed by atoms with Crippen molar-refractivity contribution < 1.29 is 23.9 Å². The summed E-state index contributed by atoms with van der Waals surface area (Å²) in [6.45, 7) is -0.691. The zero-order chi connectivity index (χ0) is 21.7. The van der Waals surface area contributed by atoms with Crippen molar-refractivity contribution in [2.24, 2.45) is 0 Å². The molecule has 0 bridgehead atoms. The number of methoxy groups -OCH3 is 1. The van der Waals surface area contributed by atoms with Gasteiger partial charge < -0.3 is 19.7 Å². The molecule has 2 aromatic carbocycles. The Balaban J connectivity index is 1.52. The molecule has 0 atom stereocenters. The lowest BCUT2D eigenvalue weighted by molar-refractivity contribution is -0.136. The number of nitrogens with zero attached hydrogens (tertiary/aromatic N) is 1. The Bertz CT molecular complexity index is 1100. The van der Waals surface area contributed by atoms with E-state index in [2.05, 4.69) is 5.32 Å². The third-order valence-electron chi connectivity index (χ3n) is 4.21. The number of rotatable bonds is 7. The molecule has 9 heteroatoms. The van der Waals surface area contributed by atoms with Crippen LogP contribution in [0.15, 0.2) is 48.5 Å². The Labute approximate surface area is 182 Å². The highest BCUT2D eigenvalue weighted by Gasteiger charge is 2.21. The van der Waals surface area contributed by atoms with E-state index in [1.54, 1.807) is 24.3 Å². The first-order valence-electron chi connectivity index (χ1n) is 8.91. The van der Waals surface area contributed by atoms with Gasteiger partial charge in [-0.15, -0.1) is 11.3 Å². The smallest absolute Gasteiger partial charge is 0.350 e. The van der Waals surface area contributed by atoms with Crippen molar-refractivity contribution in [2.75, 3.05) is 32.6 Å². The first-order chi connectivity index (χ1) is 14.4. The standard InChI is InChI=1S/C21H19ClN2O5S/c1-24(11-17(25)23-13-6-5-7-14(10-13)28-2)18(26)12-29-21(27)20-19(22)15-8-3-4-9-16(15)30-20/h3-10H,11-12H2,1-2H3,(H,23,25). The van der Waals surface area contributed by atoms with Crippen molar-refractivity contribution >= 4 is 56.5 Å². The van der Waals surface area contributed by atoms with E-state index in [-0.39, 0.29) is 11.4 Å². The summed E-state index contributed by atoms with van der Waals surface area (Å²) < 4.78 is 11.1. The van der Waals surface area contributed by atoms with Crippen molar-refractivity contribution in [1.82, 2.24) is 4.90 Å². The van der Waals surface area contributed by atoms with Gasteiger partial charge in [-0.05, 0) is 18.2 Å². The van der Waals surface area contributed by atoms with E-state index in [1.807, 2.05) is 24.3 Å². The number of hydrogen-bond donors (Lipinski definition) is 1. The highest BCUT2D eigenvalue weighted by atomic mass is 35.5. The third-order valence-corrected chi connectivity index (χ3v) is 5.86. The summed E-state index contributed by atoms with van der Waals surface area (Å²) in [5.41, 5.74) is 0.547. The number of esters is 1. The number of amides is 2. The largest absolute Gasteiger partial charge is 0.497 e. The van der Waals surface area contributed by atoms with Gasteiger partial charge in [0.05, 0.1) is 18.7 Å². The number of thiophene rings is 1. The molecule has 30 heavy (non-hydrogen) atoms. The van der Waals surface area contributed by atoms with Crippen LogP contribution in [0.3, 0.4) is 0 Å². The summed E-state index contributed by atoms with van der Waals surface area (Å²) in [7, 11) is 2.98. The molecule has 156 valence electrons. The third kappa shape index (κ3) is 5.08. The van der Waals surface area contributed by atoms with Gasteiger partial charge in [0.25, 0.3) is 5.91 Å². The molecular formula is C21H19ClN2O5S. The summed E-state index contributed by atoms with van der Waals surface area (Å²) in [6, 6.07) is 14.2. The molecule has 0 radical (unpaired) electrons. The fourth-order valence-electron chi connectivity index (χ4n) is 2.65.